The lowest BCUT2D eigenvalue weighted by Gasteiger charge is -2.49. The zero-order valence-corrected chi connectivity index (χ0v) is 17.0. The van der Waals surface area contributed by atoms with Crippen molar-refractivity contribution in [2.24, 2.45) is 0 Å². The van der Waals surface area contributed by atoms with Crippen LogP contribution in [-0.2, 0) is 16.0 Å². The van der Waals surface area contributed by atoms with Gasteiger partial charge >= 0.3 is 0 Å². The molecule has 4 rings (SSSR count). The second-order valence-electron chi connectivity index (χ2n) is 8.38. The standard InChI is InChI=1S/C21H29N5O2/c1-15-22-17-5-4-16(12-18(17)23-15)13-20(28)26-11-10-25(3)21(14-26)7-6-19(27)24(2)9-8-21/h4-5,12H,6-11,13-14H2,1-3H3,(H,22,23)/t21-/m1/s1. The number of likely N-dealkylation sites (tertiary alicyclic amines) is 1. The molecule has 2 fully saturated rings. The van der Waals surface area contributed by atoms with Gasteiger partial charge in [-0.15, -0.1) is 0 Å². The van der Waals surface area contributed by atoms with Gasteiger partial charge in [-0.1, -0.05) is 6.07 Å². The topological polar surface area (TPSA) is 72.5 Å². The molecule has 1 spiro atoms. The van der Waals surface area contributed by atoms with Gasteiger partial charge in [0.1, 0.15) is 5.82 Å². The number of imidazole rings is 1. The normalized spacial score (nSPS) is 24.2. The van der Waals surface area contributed by atoms with Crippen LogP contribution in [0.2, 0.25) is 0 Å². The van der Waals surface area contributed by atoms with Crippen LogP contribution in [0.25, 0.3) is 11.0 Å². The second-order valence-corrected chi connectivity index (χ2v) is 8.38. The summed E-state index contributed by atoms with van der Waals surface area (Å²) >= 11 is 0. The zero-order valence-electron chi connectivity index (χ0n) is 17.0. The van der Waals surface area contributed by atoms with Crippen LogP contribution in [0.4, 0.5) is 0 Å². The first kappa shape index (κ1) is 18.9. The van der Waals surface area contributed by atoms with Crippen LogP contribution < -0.4 is 0 Å². The van der Waals surface area contributed by atoms with Gasteiger partial charge in [0.05, 0.1) is 17.5 Å². The highest BCUT2D eigenvalue weighted by molar-refractivity contribution is 5.82. The molecule has 2 saturated heterocycles. The van der Waals surface area contributed by atoms with E-state index >= 15 is 0 Å². The van der Waals surface area contributed by atoms with Crippen molar-refractivity contribution in [2.45, 2.75) is 38.1 Å². The number of aromatic amines is 1. The van der Waals surface area contributed by atoms with Gasteiger partial charge < -0.3 is 14.8 Å². The lowest BCUT2D eigenvalue weighted by atomic mass is 9.86. The molecule has 0 radical (unpaired) electrons. The van der Waals surface area contributed by atoms with Crippen molar-refractivity contribution in [3.05, 3.63) is 29.6 Å². The Morgan fingerprint density at radius 3 is 2.86 bits per heavy atom. The largest absolute Gasteiger partial charge is 0.346 e. The smallest absolute Gasteiger partial charge is 0.227 e. The summed E-state index contributed by atoms with van der Waals surface area (Å²) in [5.74, 6) is 1.25. The highest BCUT2D eigenvalue weighted by atomic mass is 16.2. The molecular formula is C21H29N5O2. The number of benzene rings is 1. The third-order valence-electron chi connectivity index (χ3n) is 6.52. The maximum absolute atomic E-state index is 13.1. The van der Waals surface area contributed by atoms with E-state index in [1.54, 1.807) is 0 Å². The number of rotatable bonds is 2. The number of aromatic nitrogens is 2. The Balaban J connectivity index is 1.48. The summed E-state index contributed by atoms with van der Waals surface area (Å²) in [6.45, 7) is 4.98. The molecule has 1 aromatic carbocycles. The van der Waals surface area contributed by atoms with Crippen LogP contribution in [0.15, 0.2) is 18.2 Å². The highest BCUT2D eigenvalue weighted by Crippen LogP contribution is 2.32. The molecule has 0 aliphatic carbocycles. The molecule has 2 aromatic rings. The molecule has 0 saturated carbocycles. The molecule has 2 amide bonds. The summed E-state index contributed by atoms with van der Waals surface area (Å²) in [6.07, 6.45) is 2.68. The average molecular weight is 383 g/mol. The summed E-state index contributed by atoms with van der Waals surface area (Å²) in [5, 5.41) is 0. The van der Waals surface area contributed by atoms with Crippen LogP contribution in [0.5, 0.6) is 0 Å². The Kier molecular flexibility index (Phi) is 4.87. The van der Waals surface area contributed by atoms with Crippen LogP contribution >= 0.6 is 0 Å². The predicted octanol–water partition coefficient (Wildman–Crippen LogP) is 1.57. The lowest BCUT2D eigenvalue weighted by Crippen LogP contribution is -2.62. The number of carbonyl (C=O) groups is 2. The molecule has 2 aliphatic heterocycles. The summed E-state index contributed by atoms with van der Waals surface area (Å²) in [7, 11) is 4.01. The monoisotopic (exact) mass is 383 g/mol. The van der Waals surface area contributed by atoms with E-state index in [-0.39, 0.29) is 17.4 Å². The van der Waals surface area contributed by atoms with Crippen molar-refractivity contribution in [1.29, 1.82) is 0 Å². The molecule has 7 nitrogen and oxygen atoms in total. The molecule has 2 aliphatic rings. The predicted molar refractivity (Wildman–Crippen MR) is 108 cm³/mol. The van der Waals surface area contributed by atoms with Gasteiger partial charge in [-0.05, 0) is 44.5 Å². The Morgan fingerprint density at radius 2 is 2.04 bits per heavy atom. The third kappa shape index (κ3) is 3.51. The third-order valence-corrected chi connectivity index (χ3v) is 6.52. The van der Waals surface area contributed by atoms with Gasteiger partial charge in [0.15, 0.2) is 0 Å². The maximum atomic E-state index is 13.1. The number of likely N-dealkylation sites (N-methyl/N-ethyl adjacent to an activating group) is 1. The van der Waals surface area contributed by atoms with Gasteiger partial charge in [-0.2, -0.15) is 0 Å². The van der Waals surface area contributed by atoms with E-state index in [0.717, 1.165) is 54.9 Å². The molecule has 3 heterocycles. The summed E-state index contributed by atoms with van der Waals surface area (Å²) in [4.78, 5) is 39.0. The Hall–Kier alpha value is -2.41. The van der Waals surface area contributed by atoms with E-state index in [2.05, 4.69) is 21.9 Å². The van der Waals surface area contributed by atoms with Crippen LogP contribution in [0, 0.1) is 6.92 Å². The first-order valence-electron chi connectivity index (χ1n) is 10.0. The molecule has 1 N–H and O–H groups in total. The first-order valence-corrected chi connectivity index (χ1v) is 10.0. The number of piperazine rings is 1. The van der Waals surface area contributed by atoms with Crippen LogP contribution in [-0.4, -0.2) is 82.3 Å². The number of amides is 2. The highest BCUT2D eigenvalue weighted by Gasteiger charge is 2.42. The second kappa shape index (κ2) is 7.20. The van der Waals surface area contributed by atoms with E-state index in [4.69, 9.17) is 0 Å². The fraction of sp³-hybridized carbons (Fsp3) is 0.571. The van der Waals surface area contributed by atoms with Crippen molar-refractivity contribution in [3.8, 4) is 0 Å². The van der Waals surface area contributed by atoms with E-state index in [1.807, 2.05) is 42.0 Å². The summed E-state index contributed by atoms with van der Waals surface area (Å²) < 4.78 is 0. The van der Waals surface area contributed by atoms with Crippen molar-refractivity contribution >= 4 is 22.8 Å². The maximum Gasteiger partial charge on any atom is 0.227 e. The van der Waals surface area contributed by atoms with Crippen molar-refractivity contribution in [1.82, 2.24) is 24.7 Å². The molecular weight excluding hydrogens is 354 g/mol. The van der Waals surface area contributed by atoms with Gasteiger partial charge in [0.2, 0.25) is 11.8 Å². The number of hydrogen-bond donors (Lipinski definition) is 1. The minimum atomic E-state index is -0.0984. The van der Waals surface area contributed by atoms with Crippen molar-refractivity contribution in [3.63, 3.8) is 0 Å². The zero-order chi connectivity index (χ0) is 19.9. The lowest BCUT2D eigenvalue weighted by molar-refractivity contribution is -0.136. The molecule has 0 bridgehead atoms. The minimum Gasteiger partial charge on any atom is -0.346 e. The summed E-state index contributed by atoms with van der Waals surface area (Å²) in [6, 6.07) is 5.99. The Labute approximate surface area is 165 Å². The number of carbonyl (C=O) groups excluding carboxylic acids is 2. The Morgan fingerprint density at radius 1 is 1.21 bits per heavy atom. The van der Waals surface area contributed by atoms with Gasteiger partial charge in [-0.25, -0.2) is 4.98 Å². The number of H-pyrrole nitrogens is 1. The molecule has 1 atom stereocenters. The van der Waals surface area contributed by atoms with Crippen molar-refractivity contribution in [2.75, 3.05) is 40.3 Å². The number of fused-ring (bicyclic) bond motifs is 1. The molecule has 7 heteroatoms. The van der Waals surface area contributed by atoms with Crippen molar-refractivity contribution < 1.29 is 9.59 Å². The molecule has 28 heavy (non-hydrogen) atoms. The number of aryl methyl sites for hydroxylation is 1. The van der Waals surface area contributed by atoms with Crippen LogP contribution in [0.3, 0.4) is 0 Å². The van der Waals surface area contributed by atoms with Gasteiger partial charge in [0.25, 0.3) is 0 Å². The van der Waals surface area contributed by atoms with E-state index in [0.29, 0.717) is 19.4 Å². The SMILES string of the molecule is Cc1nc2ccc(CC(=O)N3CCN(C)[C@@]4(CCC(=O)N(C)CC4)C3)cc2[nH]1. The Bertz CT molecular complexity index is 907. The van der Waals surface area contributed by atoms with E-state index in [9.17, 15) is 9.59 Å². The van der Waals surface area contributed by atoms with Crippen LogP contribution in [0.1, 0.15) is 30.7 Å². The van der Waals surface area contributed by atoms with Gasteiger partial charge in [0, 0.05) is 45.2 Å². The molecule has 0 unspecified atom stereocenters. The first-order chi connectivity index (χ1) is 13.4. The fourth-order valence-electron chi connectivity index (χ4n) is 4.55. The number of hydrogen-bond acceptors (Lipinski definition) is 4. The summed E-state index contributed by atoms with van der Waals surface area (Å²) in [5.41, 5.74) is 2.81. The minimum absolute atomic E-state index is 0.0984. The number of nitrogens with zero attached hydrogens (tertiary/aromatic N) is 4. The van der Waals surface area contributed by atoms with Gasteiger partial charge in [-0.3, -0.25) is 14.5 Å². The average Bonchev–Trinajstić information content (AvgIpc) is 2.98. The number of nitrogens with one attached hydrogen (secondary N) is 1. The fourth-order valence-corrected chi connectivity index (χ4v) is 4.55. The van der Waals surface area contributed by atoms with E-state index in [1.165, 1.54) is 0 Å². The quantitative estimate of drug-likeness (QED) is 0.854. The molecule has 150 valence electrons. The molecule has 1 aromatic heterocycles. The van der Waals surface area contributed by atoms with E-state index < -0.39 is 0 Å².